The minimum absolute atomic E-state index is 0.0285. The Kier molecular flexibility index (Phi) is 4.82. The molecule has 0 aliphatic heterocycles. The molecule has 0 saturated heterocycles. The van der Waals surface area contributed by atoms with Crippen molar-refractivity contribution in [3.05, 3.63) is 61.6 Å². The molecule has 0 aromatic heterocycles. The van der Waals surface area contributed by atoms with Crippen LogP contribution in [0, 0.1) is 10.1 Å². The van der Waals surface area contributed by atoms with Crippen molar-refractivity contribution in [2.45, 2.75) is 13.0 Å². The molecule has 1 atom stereocenters. The zero-order chi connectivity index (χ0) is 15.6. The Morgan fingerprint density at radius 3 is 2.57 bits per heavy atom. The van der Waals surface area contributed by atoms with E-state index in [2.05, 4.69) is 15.9 Å². The second kappa shape index (κ2) is 6.43. The Morgan fingerprint density at radius 2 is 2.05 bits per heavy atom. The minimum atomic E-state index is -0.542. The summed E-state index contributed by atoms with van der Waals surface area (Å²) in [5.74, 6) is 0.990. The molecule has 0 saturated carbocycles. The van der Waals surface area contributed by atoms with Crippen LogP contribution in [0.1, 0.15) is 18.5 Å². The van der Waals surface area contributed by atoms with E-state index >= 15 is 0 Å². The van der Waals surface area contributed by atoms with Crippen LogP contribution >= 0.6 is 27.5 Å². The van der Waals surface area contributed by atoms with Crippen LogP contribution in [0.2, 0.25) is 5.02 Å². The average Bonchev–Trinajstić information content (AvgIpc) is 2.40. The fourth-order valence-electron chi connectivity index (χ4n) is 1.71. The number of hydrogen-bond acceptors (Lipinski definition) is 4. The molecule has 21 heavy (non-hydrogen) atoms. The molecule has 0 amide bonds. The molecule has 110 valence electrons. The van der Waals surface area contributed by atoms with Crippen LogP contribution in [0.5, 0.6) is 11.5 Å². The zero-order valence-corrected chi connectivity index (χ0v) is 13.4. The predicted octanol–water partition coefficient (Wildman–Crippen LogP) is 4.82. The summed E-state index contributed by atoms with van der Waals surface area (Å²) in [4.78, 5) is 10.2. The summed E-state index contributed by atoms with van der Waals surface area (Å²) in [6.45, 7) is 1.89. The first-order chi connectivity index (χ1) is 9.88. The van der Waals surface area contributed by atoms with Crippen molar-refractivity contribution >= 4 is 33.2 Å². The lowest BCUT2D eigenvalue weighted by molar-refractivity contribution is -0.384. The second-order valence-electron chi connectivity index (χ2n) is 4.45. The van der Waals surface area contributed by atoms with E-state index in [0.29, 0.717) is 11.5 Å². The first kappa shape index (κ1) is 15.8. The van der Waals surface area contributed by atoms with Crippen molar-refractivity contribution in [1.29, 1.82) is 0 Å². The minimum Gasteiger partial charge on any atom is -0.456 e. The Morgan fingerprint density at radius 1 is 1.33 bits per heavy atom. The fourth-order valence-corrected chi connectivity index (χ4v) is 2.43. The Labute approximate surface area is 134 Å². The molecule has 0 fully saturated rings. The Hall–Kier alpha value is -1.63. The molecule has 0 heterocycles. The number of ether oxygens (including phenoxy) is 1. The molecule has 0 aliphatic carbocycles. The zero-order valence-electron chi connectivity index (χ0n) is 11.0. The van der Waals surface area contributed by atoms with Gasteiger partial charge in [0.2, 0.25) is 0 Å². The smallest absolute Gasteiger partial charge is 0.288 e. The van der Waals surface area contributed by atoms with Gasteiger partial charge >= 0.3 is 0 Å². The molecule has 5 nitrogen and oxygen atoms in total. The molecule has 7 heteroatoms. The van der Waals surface area contributed by atoms with E-state index in [0.717, 1.165) is 10.0 Å². The number of rotatable bonds is 4. The maximum atomic E-state index is 10.7. The van der Waals surface area contributed by atoms with Crippen LogP contribution < -0.4 is 10.5 Å². The molecular formula is C14H12BrClN2O3. The van der Waals surface area contributed by atoms with Gasteiger partial charge in [-0.1, -0.05) is 17.7 Å². The summed E-state index contributed by atoms with van der Waals surface area (Å²) in [5.41, 5.74) is 6.62. The van der Waals surface area contributed by atoms with Crippen molar-refractivity contribution < 1.29 is 9.66 Å². The van der Waals surface area contributed by atoms with Crippen molar-refractivity contribution in [3.8, 4) is 11.5 Å². The fraction of sp³-hybridized carbons (Fsp3) is 0.143. The third-order valence-electron chi connectivity index (χ3n) is 2.83. The molecule has 2 aromatic rings. The van der Waals surface area contributed by atoms with Crippen LogP contribution in [0.25, 0.3) is 0 Å². The van der Waals surface area contributed by atoms with Crippen molar-refractivity contribution in [2.24, 2.45) is 5.73 Å². The lowest BCUT2D eigenvalue weighted by Gasteiger charge is -2.11. The molecular weight excluding hydrogens is 360 g/mol. The Balaban J connectivity index is 2.26. The highest BCUT2D eigenvalue weighted by Crippen LogP contribution is 2.34. The molecule has 2 aromatic carbocycles. The standard InChI is InChI=1S/C14H12BrClN2O3/c1-8(17)9-2-5-14(11(15)6-9)21-10-3-4-13(18(19)20)12(16)7-10/h2-8H,17H2,1H3/t8-/m1/s1. The van der Waals surface area contributed by atoms with Crippen LogP contribution in [0.3, 0.4) is 0 Å². The summed E-state index contributed by atoms with van der Waals surface area (Å²) in [5, 5.41) is 10.7. The topological polar surface area (TPSA) is 78.4 Å². The molecule has 0 radical (unpaired) electrons. The quantitative estimate of drug-likeness (QED) is 0.617. The van der Waals surface area contributed by atoms with E-state index in [9.17, 15) is 10.1 Å². The molecule has 0 spiro atoms. The van der Waals surface area contributed by atoms with Crippen molar-refractivity contribution in [3.63, 3.8) is 0 Å². The first-order valence-electron chi connectivity index (χ1n) is 6.05. The lowest BCUT2D eigenvalue weighted by Crippen LogP contribution is -2.04. The predicted molar refractivity (Wildman–Crippen MR) is 84.9 cm³/mol. The maximum absolute atomic E-state index is 10.7. The van der Waals surface area contributed by atoms with Gasteiger partial charge in [0.15, 0.2) is 0 Å². The van der Waals surface area contributed by atoms with Crippen LogP contribution in [0.4, 0.5) is 5.69 Å². The first-order valence-corrected chi connectivity index (χ1v) is 7.22. The molecule has 0 aliphatic rings. The van der Waals surface area contributed by atoms with Crippen LogP contribution in [-0.2, 0) is 0 Å². The largest absolute Gasteiger partial charge is 0.456 e. The number of nitro groups is 1. The number of halogens is 2. The van der Waals surface area contributed by atoms with E-state index in [1.54, 1.807) is 6.07 Å². The SMILES string of the molecule is C[C@@H](N)c1ccc(Oc2ccc([N+](=O)[O-])c(Cl)c2)c(Br)c1. The number of benzene rings is 2. The lowest BCUT2D eigenvalue weighted by atomic mass is 10.1. The van der Waals surface area contributed by atoms with Crippen LogP contribution in [0.15, 0.2) is 40.9 Å². The highest BCUT2D eigenvalue weighted by molar-refractivity contribution is 9.10. The Bertz CT molecular complexity index is 692. The summed E-state index contributed by atoms with van der Waals surface area (Å²) < 4.78 is 6.41. The van der Waals surface area contributed by atoms with Gasteiger partial charge in [-0.2, -0.15) is 0 Å². The second-order valence-corrected chi connectivity index (χ2v) is 5.71. The molecule has 0 bridgehead atoms. The van der Waals surface area contributed by atoms with Crippen molar-refractivity contribution in [1.82, 2.24) is 0 Å². The van der Waals surface area contributed by atoms with E-state index in [1.165, 1.54) is 18.2 Å². The number of nitro benzene ring substituents is 1. The van der Waals surface area contributed by atoms with Crippen molar-refractivity contribution in [2.75, 3.05) is 0 Å². The number of nitrogens with zero attached hydrogens (tertiary/aromatic N) is 1. The van der Waals surface area contributed by atoms with Gasteiger partial charge < -0.3 is 10.5 Å². The summed E-state index contributed by atoms with van der Waals surface area (Å²) in [7, 11) is 0. The molecule has 2 rings (SSSR count). The van der Waals surface area contributed by atoms with Gasteiger partial charge in [-0.05, 0) is 46.6 Å². The van der Waals surface area contributed by atoms with Gasteiger partial charge in [-0.3, -0.25) is 10.1 Å². The highest BCUT2D eigenvalue weighted by Gasteiger charge is 2.13. The highest BCUT2D eigenvalue weighted by atomic mass is 79.9. The van der Waals surface area contributed by atoms with Gasteiger partial charge in [0.05, 0.1) is 9.40 Å². The van der Waals surface area contributed by atoms with E-state index in [4.69, 9.17) is 22.1 Å². The van der Waals surface area contributed by atoms with E-state index in [1.807, 2.05) is 19.1 Å². The maximum Gasteiger partial charge on any atom is 0.288 e. The van der Waals surface area contributed by atoms with Gasteiger partial charge in [0.1, 0.15) is 16.5 Å². The third kappa shape index (κ3) is 3.72. The van der Waals surface area contributed by atoms with E-state index < -0.39 is 4.92 Å². The number of hydrogen-bond donors (Lipinski definition) is 1. The van der Waals surface area contributed by atoms with Crippen LogP contribution in [-0.4, -0.2) is 4.92 Å². The van der Waals surface area contributed by atoms with Gasteiger partial charge in [-0.25, -0.2) is 0 Å². The normalized spacial score (nSPS) is 12.0. The summed E-state index contributed by atoms with van der Waals surface area (Å²) in [6.07, 6.45) is 0. The van der Waals surface area contributed by atoms with Gasteiger partial charge in [-0.15, -0.1) is 0 Å². The third-order valence-corrected chi connectivity index (χ3v) is 3.75. The monoisotopic (exact) mass is 370 g/mol. The molecule has 2 N–H and O–H groups in total. The summed E-state index contributed by atoms with van der Waals surface area (Å²) >= 11 is 9.25. The van der Waals surface area contributed by atoms with Gasteiger partial charge in [0, 0.05) is 18.2 Å². The molecule has 0 unspecified atom stereocenters. The summed E-state index contributed by atoms with van der Waals surface area (Å²) in [6, 6.07) is 9.64. The average molecular weight is 372 g/mol. The van der Waals surface area contributed by atoms with Gasteiger partial charge in [0.25, 0.3) is 5.69 Å². The van der Waals surface area contributed by atoms with E-state index in [-0.39, 0.29) is 16.8 Å². The number of nitrogens with two attached hydrogens (primary N) is 1.